The lowest BCUT2D eigenvalue weighted by Gasteiger charge is -2.22. The van der Waals surface area contributed by atoms with E-state index in [2.05, 4.69) is 27.7 Å². The second-order valence-corrected chi connectivity index (χ2v) is 7.97. The standard InChI is InChI=1S/C17H34OS/c1-5-7-9-10-11-12-13-14-16(18)19-17(3,4)15-8-6-2/h5-15H2,1-4H3. The molecular weight excluding hydrogens is 252 g/mol. The Bertz CT molecular complexity index is 223. The molecule has 0 rings (SSSR count). The number of carbonyl (C=O) groups is 1. The molecule has 0 aliphatic carbocycles. The largest absolute Gasteiger partial charge is 0.287 e. The van der Waals surface area contributed by atoms with Crippen LogP contribution in [0.1, 0.15) is 98.3 Å². The van der Waals surface area contributed by atoms with Gasteiger partial charge in [-0.25, -0.2) is 0 Å². The molecule has 114 valence electrons. The van der Waals surface area contributed by atoms with Gasteiger partial charge in [-0.15, -0.1) is 0 Å². The van der Waals surface area contributed by atoms with Crippen molar-refractivity contribution < 1.29 is 4.79 Å². The SMILES string of the molecule is CCCCCCCCCC(=O)SC(C)(C)CCCC. The van der Waals surface area contributed by atoms with E-state index in [-0.39, 0.29) is 4.75 Å². The molecule has 0 saturated heterocycles. The molecule has 0 unspecified atom stereocenters. The minimum Gasteiger partial charge on any atom is -0.287 e. The van der Waals surface area contributed by atoms with Gasteiger partial charge in [0.05, 0.1) is 0 Å². The molecule has 0 saturated carbocycles. The first kappa shape index (κ1) is 19.0. The highest BCUT2D eigenvalue weighted by Crippen LogP contribution is 2.31. The summed E-state index contributed by atoms with van der Waals surface area (Å²) in [5.74, 6) is 0. The highest BCUT2D eigenvalue weighted by atomic mass is 32.2. The second kappa shape index (κ2) is 11.8. The third-order valence-electron chi connectivity index (χ3n) is 3.51. The fourth-order valence-electron chi connectivity index (χ4n) is 2.24. The van der Waals surface area contributed by atoms with Gasteiger partial charge < -0.3 is 0 Å². The summed E-state index contributed by atoms with van der Waals surface area (Å²) >= 11 is 1.57. The van der Waals surface area contributed by atoms with E-state index in [0.29, 0.717) is 5.12 Å². The fourth-order valence-corrected chi connectivity index (χ4v) is 3.35. The quantitative estimate of drug-likeness (QED) is 0.388. The number of unbranched alkanes of at least 4 members (excludes halogenated alkanes) is 7. The maximum Gasteiger partial charge on any atom is 0.189 e. The fraction of sp³-hybridized carbons (Fsp3) is 0.941. The number of rotatable bonds is 12. The zero-order valence-corrected chi connectivity index (χ0v) is 14.4. The van der Waals surface area contributed by atoms with Gasteiger partial charge in [0.25, 0.3) is 0 Å². The summed E-state index contributed by atoms with van der Waals surface area (Å²) in [4.78, 5) is 11.9. The third kappa shape index (κ3) is 12.8. The van der Waals surface area contributed by atoms with Crippen LogP contribution in [0.2, 0.25) is 0 Å². The highest BCUT2D eigenvalue weighted by molar-refractivity contribution is 8.14. The van der Waals surface area contributed by atoms with Crippen LogP contribution in [0.25, 0.3) is 0 Å². The molecule has 0 bridgehead atoms. The van der Waals surface area contributed by atoms with Crippen molar-refractivity contribution in [3.63, 3.8) is 0 Å². The van der Waals surface area contributed by atoms with Crippen LogP contribution in [0.3, 0.4) is 0 Å². The van der Waals surface area contributed by atoms with Gasteiger partial charge in [-0.2, -0.15) is 0 Å². The van der Waals surface area contributed by atoms with Crippen LogP contribution in [0.5, 0.6) is 0 Å². The summed E-state index contributed by atoms with van der Waals surface area (Å²) in [5.41, 5.74) is 0. The summed E-state index contributed by atoms with van der Waals surface area (Å²) in [5, 5.41) is 0.398. The van der Waals surface area contributed by atoms with Crippen molar-refractivity contribution >= 4 is 16.9 Å². The van der Waals surface area contributed by atoms with Crippen molar-refractivity contribution in [3.05, 3.63) is 0 Å². The predicted molar refractivity (Wildman–Crippen MR) is 88.8 cm³/mol. The number of carbonyl (C=O) groups excluding carboxylic acids is 1. The molecule has 0 amide bonds. The molecule has 0 aromatic rings. The Morgan fingerprint density at radius 2 is 1.37 bits per heavy atom. The molecule has 2 heteroatoms. The van der Waals surface area contributed by atoms with E-state index < -0.39 is 0 Å². The first-order valence-electron chi connectivity index (χ1n) is 8.23. The second-order valence-electron chi connectivity index (χ2n) is 6.21. The molecule has 0 fully saturated rings. The molecule has 0 N–H and O–H groups in total. The molecule has 0 radical (unpaired) electrons. The Morgan fingerprint density at radius 1 is 0.842 bits per heavy atom. The maximum atomic E-state index is 11.9. The molecule has 0 aliphatic rings. The molecule has 0 spiro atoms. The lowest BCUT2D eigenvalue weighted by Crippen LogP contribution is -2.17. The van der Waals surface area contributed by atoms with E-state index in [1.807, 2.05) is 0 Å². The lowest BCUT2D eigenvalue weighted by molar-refractivity contribution is -0.111. The van der Waals surface area contributed by atoms with Gasteiger partial charge in [-0.3, -0.25) is 4.79 Å². The molecule has 19 heavy (non-hydrogen) atoms. The molecule has 0 atom stereocenters. The molecule has 0 aliphatic heterocycles. The summed E-state index contributed by atoms with van der Waals surface area (Å²) in [6.07, 6.45) is 13.4. The lowest BCUT2D eigenvalue weighted by atomic mass is 10.1. The highest BCUT2D eigenvalue weighted by Gasteiger charge is 2.21. The topological polar surface area (TPSA) is 17.1 Å². The van der Waals surface area contributed by atoms with Crippen molar-refractivity contribution in [2.24, 2.45) is 0 Å². The van der Waals surface area contributed by atoms with Crippen molar-refractivity contribution in [2.45, 2.75) is 103 Å². The smallest absolute Gasteiger partial charge is 0.189 e. The molecule has 0 aromatic carbocycles. The van der Waals surface area contributed by atoms with Crippen molar-refractivity contribution in [2.75, 3.05) is 0 Å². The van der Waals surface area contributed by atoms with Crippen LogP contribution in [-0.2, 0) is 4.79 Å². The van der Waals surface area contributed by atoms with Crippen molar-refractivity contribution in [1.82, 2.24) is 0 Å². The number of thioether (sulfide) groups is 1. The monoisotopic (exact) mass is 286 g/mol. The Hall–Kier alpha value is 0.0200. The average molecular weight is 287 g/mol. The van der Waals surface area contributed by atoms with Gasteiger partial charge in [0.15, 0.2) is 5.12 Å². The first-order chi connectivity index (χ1) is 9.02. The number of hydrogen-bond acceptors (Lipinski definition) is 2. The summed E-state index contributed by atoms with van der Waals surface area (Å²) in [6.45, 7) is 8.86. The van der Waals surface area contributed by atoms with Gasteiger partial charge in [0, 0.05) is 11.2 Å². The molecule has 1 nitrogen and oxygen atoms in total. The van der Waals surface area contributed by atoms with E-state index >= 15 is 0 Å². The summed E-state index contributed by atoms with van der Waals surface area (Å²) in [7, 11) is 0. The Kier molecular flexibility index (Phi) is 11.8. The zero-order chi connectivity index (χ0) is 14.6. The van der Waals surface area contributed by atoms with Gasteiger partial charge in [0.1, 0.15) is 0 Å². The predicted octanol–water partition coefficient (Wildman–Crippen LogP) is 6.36. The third-order valence-corrected chi connectivity index (χ3v) is 4.70. The van der Waals surface area contributed by atoms with Crippen LogP contribution in [-0.4, -0.2) is 9.86 Å². The van der Waals surface area contributed by atoms with Crippen LogP contribution in [0, 0.1) is 0 Å². The van der Waals surface area contributed by atoms with Crippen LogP contribution >= 0.6 is 11.8 Å². The first-order valence-corrected chi connectivity index (χ1v) is 9.05. The maximum absolute atomic E-state index is 11.9. The van der Waals surface area contributed by atoms with Crippen molar-refractivity contribution in [1.29, 1.82) is 0 Å². The van der Waals surface area contributed by atoms with Gasteiger partial charge in [-0.1, -0.05) is 90.8 Å². The minimum absolute atomic E-state index is 0.133. The molecule has 0 aromatic heterocycles. The van der Waals surface area contributed by atoms with E-state index in [1.165, 1.54) is 51.4 Å². The average Bonchev–Trinajstić information content (AvgIpc) is 2.35. The molecular formula is C17H34OS. The van der Waals surface area contributed by atoms with Gasteiger partial charge in [0.2, 0.25) is 0 Å². The van der Waals surface area contributed by atoms with Crippen LogP contribution in [0.15, 0.2) is 0 Å². The van der Waals surface area contributed by atoms with Gasteiger partial charge >= 0.3 is 0 Å². The van der Waals surface area contributed by atoms with E-state index in [9.17, 15) is 4.79 Å². The van der Waals surface area contributed by atoms with Gasteiger partial charge in [-0.05, 0) is 12.8 Å². The Labute approximate surface area is 125 Å². The van der Waals surface area contributed by atoms with E-state index in [0.717, 1.165) is 19.3 Å². The summed E-state index contributed by atoms with van der Waals surface area (Å²) in [6, 6.07) is 0. The van der Waals surface area contributed by atoms with Crippen LogP contribution < -0.4 is 0 Å². The van der Waals surface area contributed by atoms with E-state index in [4.69, 9.17) is 0 Å². The Morgan fingerprint density at radius 3 is 1.95 bits per heavy atom. The van der Waals surface area contributed by atoms with Crippen molar-refractivity contribution in [3.8, 4) is 0 Å². The molecule has 0 heterocycles. The zero-order valence-electron chi connectivity index (χ0n) is 13.6. The Balaban J connectivity index is 3.53. The normalized spacial score (nSPS) is 11.8. The van der Waals surface area contributed by atoms with E-state index in [1.54, 1.807) is 11.8 Å². The number of hydrogen-bond donors (Lipinski definition) is 0. The summed E-state index contributed by atoms with van der Waals surface area (Å²) < 4.78 is 0.133. The van der Waals surface area contributed by atoms with Crippen LogP contribution in [0.4, 0.5) is 0 Å². The minimum atomic E-state index is 0.133.